The number of unbranched alkanes of at least 4 members (excludes halogenated alkanes) is 1. The van der Waals surface area contributed by atoms with Crippen molar-refractivity contribution in [1.29, 1.82) is 0 Å². The Balaban J connectivity index is 2.30. The molecule has 21 heavy (non-hydrogen) atoms. The Morgan fingerprint density at radius 1 is 1.24 bits per heavy atom. The summed E-state index contributed by atoms with van der Waals surface area (Å²) in [4.78, 5) is 4.51. The molecule has 2 rings (SSSR count). The molecule has 0 aliphatic rings. The first kappa shape index (κ1) is 16.6. The van der Waals surface area contributed by atoms with E-state index in [4.69, 9.17) is 23.2 Å². The van der Waals surface area contributed by atoms with Gasteiger partial charge in [-0.25, -0.2) is 9.37 Å². The Morgan fingerprint density at radius 2 is 1.95 bits per heavy atom. The van der Waals surface area contributed by atoms with E-state index in [1.54, 1.807) is 6.07 Å². The molecule has 0 amide bonds. The Hall–Kier alpha value is -0.800. The van der Waals surface area contributed by atoms with Crippen LogP contribution in [0.1, 0.15) is 51.2 Å². The van der Waals surface area contributed by atoms with E-state index in [2.05, 4.69) is 18.8 Å². The minimum atomic E-state index is -0.415. The Labute approximate surface area is 135 Å². The number of hydrogen-bond acceptors (Lipinski definition) is 1. The zero-order valence-corrected chi connectivity index (χ0v) is 14.2. The van der Waals surface area contributed by atoms with Gasteiger partial charge in [-0.2, -0.15) is 0 Å². The van der Waals surface area contributed by atoms with E-state index in [0.29, 0.717) is 11.4 Å². The summed E-state index contributed by atoms with van der Waals surface area (Å²) in [6, 6.07) is 3.02. The monoisotopic (exact) mass is 330 g/mol. The van der Waals surface area contributed by atoms with Crippen LogP contribution in [-0.2, 0) is 6.54 Å². The summed E-state index contributed by atoms with van der Waals surface area (Å²) in [5.74, 6) is 1.06. The molecule has 0 spiro atoms. The van der Waals surface area contributed by atoms with Gasteiger partial charge in [-0.05, 0) is 25.3 Å². The van der Waals surface area contributed by atoms with E-state index in [-0.39, 0.29) is 10.4 Å². The smallest absolute Gasteiger partial charge is 0.144 e. The van der Waals surface area contributed by atoms with Crippen molar-refractivity contribution in [1.82, 2.24) is 9.55 Å². The molecule has 0 bridgehead atoms. The maximum atomic E-state index is 13.7. The molecule has 1 aromatic carbocycles. The van der Waals surface area contributed by atoms with Gasteiger partial charge in [0.2, 0.25) is 0 Å². The summed E-state index contributed by atoms with van der Waals surface area (Å²) in [5, 5.41) is -0.120. The SMILES string of the molecule is CC(C)CCCCn1c(C(C)Cl)nc2cc(Cl)c(F)cc21. The number of aromatic nitrogens is 2. The van der Waals surface area contributed by atoms with E-state index < -0.39 is 5.82 Å². The highest BCUT2D eigenvalue weighted by molar-refractivity contribution is 6.31. The molecule has 0 aliphatic carbocycles. The molecule has 0 saturated heterocycles. The van der Waals surface area contributed by atoms with Crippen LogP contribution in [-0.4, -0.2) is 9.55 Å². The number of hydrogen-bond donors (Lipinski definition) is 0. The second-order valence-electron chi connectivity index (χ2n) is 5.88. The molecule has 0 radical (unpaired) electrons. The number of rotatable bonds is 6. The first-order valence-electron chi connectivity index (χ1n) is 7.39. The minimum Gasteiger partial charge on any atom is -0.327 e. The third-order valence-electron chi connectivity index (χ3n) is 3.59. The summed E-state index contributed by atoms with van der Waals surface area (Å²) in [6.07, 6.45) is 3.37. The Bertz CT molecular complexity index is 620. The largest absolute Gasteiger partial charge is 0.327 e. The van der Waals surface area contributed by atoms with Crippen LogP contribution in [0.25, 0.3) is 11.0 Å². The highest BCUT2D eigenvalue weighted by Crippen LogP contribution is 2.28. The van der Waals surface area contributed by atoms with Gasteiger partial charge in [0.15, 0.2) is 0 Å². The molecule has 116 valence electrons. The lowest BCUT2D eigenvalue weighted by atomic mass is 10.1. The first-order chi connectivity index (χ1) is 9.90. The fourth-order valence-corrected chi connectivity index (χ4v) is 2.82. The van der Waals surface area contributed by atoms with Gasteiger partial charge in [-0.15, -0.1) is 11.6 Å². The lowest BCUT2D eigenvalue weighted by Gasteiger charge is -2.11. The van der Waals surface area contributed by atoms with Crippen LogP contribution >= 0.6 is 23.2 Å². The molecule has 2 nitrogen and oxygen atoms in total. The summed E-state index contributed by atoms with van der Waals surface area (Å²) >= 11 is 12.0. The molecule has 1 aromatic heterocycles. The lowest BCUT2D eigenvalue weighted by Crippen LogP contribution is -2.05. The molecule has 0 N–H and O–H groups in total. The van der Waals surface area contributed by atoms with E-state index in [9.17, 15) is 4.39 Å². The zero-order valence-electron chi connectivity index (χ0n) is 12.7. The minimum absolute atomic E-state index is 0.0979. The molecule has 0 saturated carbocycles. The summed E-state index contributed by atoms with van der Waals surface area (Å²) < 4.78 is 15.7. The fourth-order valence-electron chi connectivity index (χ4n) is 2.50. The summed E-state index contributed by atoms with van der Waals surface area (Å²) in [6.45, 7) is 7.12. The maximum Gasteiger partial charge on any atom is 0.144 e. The number of imidazole rings is 1. The third-order valence-corrected chi connectivity index (χ3v) is 4.07. The molecule has 0 aliphatic heterocycles. The lowest BCUT2D eigenvalue weighted by molar-refractivity contribution is 0.507. The van der Waals surface area contributed by atoms with E-state index in [1.807, 2.05) is 11.5 Å². The van der Waals surface area contributed by atoms with Gasteiger partial charge in [-0.1, -0.05) is 38.3 Å². The van der Waals surface area contributed by atoms with Crippen LogP contribution in [0.3, 0.4) is 0 Å². The average Bonchev–Trinajstić information content (AvgIpc) is 2.73. The second-order valence-corrected chi connectivity index (χ2v) is 6.94. The fraction of sp³-hybridized carbons (Fsp3) is 0.562. The standard InChI is InChI=1S/C16H21Cl2FN2/c1-10(2)6-4-5-7-21-15-9-13(19)12(18)8-14(15)20-16(21)11(3)17/h8-11H,4-7H2,1-3H3. The zero-order chi connectivity index (χ0) is 15.6. The van der Waals surface area contributed by atoms with Gasteiger partial charge >= 0.3 is 0 Å². The van der Waals surface area contributed by atoms with Crippen LogP contribution in [0.4, 0.5) is 4.39 Å². The van der Waals surface area contributed by atoms with Crippen molar-refractivity contribution in [2.45, 2.75) is 52.0 Å². The van der Waals surface area contributed by atoms with Crippen molar-refractivity contribution in [2.24, 2.45) is 5.92 Å². The predicted molar refractivity (Wildman–Crippen MR) is 87.7 cm³/mol. The average molecular weight is 331 g/mol. The maximum absolute atomic E-state index is 13.7. The summed E-state index contributed by atoms with van der Waals surface area (Å²) in [5.41, 5.74) is 1.47. The van der Waals surface area contributed by atoms with Crippen molar-refractivity contribution in [3.05, 3.63) is 28.8 Å². The number of fused-ring (bicyclic) bond motifs is 1. The van der Waals surface area contributed by atoms with Crippen LogP contribution in [0, 0.1) is 11.7 Å². The van der Waals surface area contributed by atoms with Gasteiger partial charge in [0, 0.05) is 12.6 Å². The van der Waals surface area contributed by atoms with Gasteiger partial charge in [0.05, 0.1) is 21.4 Å². The van der Waals surface area contributed by atoms with Crippen molar-refractivity contribution < 1.29 is 4.39 Å². The number of nitrogens with zero attached hydrogens (tertiary/aromatic N) is 2. The Morgan fingerprint density at radius 3 is 2.57 bits per heavy atom. The third kappa shape index (κ3) is 3.89. The van der Waals surface area contributed by atoms with Crippen molar-refractivity contribution in [2.75, 3.05) is 0 Å². The number of aryl methyl sites for hydroxylation is 1. The molecule has 5 heteroatoms. The number of halogens is 3. The second kappa shape index (κ2) is 6.97. The summed E-state index contributed by atoms with van der Waals surface area (Å²) in [7, 11) is 0. The van der Waals surface area contributed by atoms with Gasteiger partial charge in [-0.3, -0.25) is 0 Å². The van der Waals surface area contributed by atoms with Crippen molar-refractivity contribution in [3.63, 3.8) is 0 Å². The van der Waals surface area contributed by atoms with Gasteiger partial charge < -0.3 is 4.57 Å². The molecule has 1 unspecified atom stereocenters. The van der Waals surface area contributed by atoms with E-state index in [0.717, 1.165) is 30.7 Å². The number of alkyl halides is 1. The van der Waals surface area contributed by atoms with Gasteiger partial charge in [0.25, 0.3) is 0 Å². The van der Waals surface area contributed by atoms with Gasteiger partial charge in [0.1, 0.15) is 11.6 Å². The van der Waals surface area contributed by atoms with Crippen LogP contribution in [0.2, 0.25) is 5.02 Å². The highest BCUT2D eigenvalue weighted by atomic mass is 35.5. The molecule has 1 atom stereocenters. The predicted octanol–water partition coefficient (Wildman–Crippen LogP) is 5.95. The van der Waals surface area contributed by atoms with E-state index >= 15 is 0 Å². The first-order valence-corrected chi connectivity index (χ1v) is 8.20. The van der Waals surface area contributed by atoms with Crippen molar-refractivity contribution >= 4 is 34.2 Å². The normalized spacial score (nSPS) is 13.3. The van der Waals surface area contributed by atoms with Crippen molar-refractivity contribution in [3.8, 4) is 0 Å². The quantitative estimate of drug-likeness (QED) is 0.472. The molecule has 1 heterocycles. The molecular formula is C16H21Cl2FN2. The molecule has 2 aromatic rings. The van der Waals surface area contributed by atoms with E-state index in [1.165, 1.54) is 12.5 Å². The highest BCUT2D eigenvalue weighted by Gasteiger charge is 2.16. The van der Waals surface area contributed by atoms with Crippen LogP contribution in [0.15, 0.2) is 12.1 Å². The number of benzene rings is 1. The Kier molecular flexibility index (Phi) is 5.50. The van der Waals surface area contributed by atoms with Crippen LogP contribution in [0.5, 0.6) is 0 Å². The topological polar surface area (TPSA) is 17.8 Å². The molecular weight excluding hydrogens is 310 g/mol. The van der Waals surface area contributed by atoms with Crippen LogP contribution < -0.4 is 0 Å². The molecule has 0 fully saturated rings.